The van der Waals surface area contributed by atoms with Gasteiger partial charge in [-0.15, -0.1) is 0 Å². The van der Waals surface area contributed by atoms with Crippen molar-refractivity contribution in [3.63, 3.8) is 0 Å². The monoisotopic (exact) mass is 357 g/mol. The van der Waals surface area contributed by atoms with E-state index in [2.05, 4.69) is 15.6 Å². The maximum Gasteiger partial charge on any atom is 0.191 e. The SMILES string of the molecule is CCNC(=NCC(O)c1cccc(F)c1)NC1CCOc2ccccc21. The average molecular weight is 357 g/mol. The molecule has 2 unspecified atom stereocenters. The van der Waals surface area contributed by atoms with Crippen molar-refractivity contribution in [3.8, 4) is 5.75 Å². The number of halogens is 1. The number of aliphatic hydroxyl groups is 1. The minimum Gasteiger partial charge on any atom is -0.493 e. The van der Waals surface area contributed by atoms with E-state index in [1.807, 2.05) is 31.2 Å². The number of rotatable bonds is 5. The highest BCUT2D eigenvalue weighted by atomic mass is 19.1. The van der Waals surface area contributed by atoms with Gasteiger partial charge in [0.2, 0.25) is 0 Å². The van der Waals surface area contributed by atoms with Gasteiger partial charge in [-0.25, -0.2) is 4.39 Å². The Morgan fingerprint density at radius 1 is 1.31 bits per heavy atom. The Morgan fingerprint density at radius 3 is 2.96 bits per heavy atom. The van der Waals surface area contributed by atoms with Crippen molar-refractivity contribution in [1.29, 1.82) is 0 Å². The molecule has 0 aromatic heterocycles. The zero-order valence-electron chi connectivity index (χ0n) is 14.8. The summed E-state index contributed by atoms with van der Waals surface area (Å²) in [5.74, 6) is 1.13. The van der Waals surface area contributed by atoms with Gasteiger partial charge in [0.1, 0.15) is 11.6 Å². The molecular formula is C20H24FN3O2. The molecule has 0 saturated carbocycles. The van der Waals surface area contributed by atoms with E-state index in [-0.39, 0.29) is 18.4 Å². The molecule has 5 nitrogen and oxygen atoms in total. The van der Waals surface area contributed by atoms with E-state index in [0.29, 0.717) is 24.7 Å². The van der Waals surface area contributed by atoms with Crippen LogP contribution in [0.1, 0.15) is 36.6 Å². The number of aliphatic hydroxyl groups excluding tert-OH is 1. The zero-order valence-corrected chi connectivity index (χ0v) is 14.8. The second kappa shape index (κ2) is 8.67. The molecule has 0 amide bonds. The number of hydrogen-bond donors (Lipinski definition) is 3. The van der Waals surface area contributed by atoms with Crippen LogP contribution in [0.15, 0.2) is 53.5 Å². The summed E-state index contributed by atoms with van der Waals surface area (Å²) in [5, 5.41) is 16.9. The highest BCUT2D eigenvalue weighted by molar-refractivity contribution is 5.80. The third-order valence-corrected chi connectivity index (χ3v) is 4.27. The lowest BCUT2D eigenvalue weighted by Crippen LogP contribution is -2.41. The van der Waals surface area contributed by atoms with Crippen molar-refractivity contribution in [1.82, 2.24) is 10.6 Å². The quantitative estimate of drug-likeness (QED) is 0.569. The fraction of sp³-hybridized carbons (Fsp3) is 0.350. The van der Waals surface area contributed by atoms with E-state index < -0.39 is 6.10 Å². The molecule has 0 radical (unpaired) electrons. The zero-order chi connectivity index (χ0) is 18.4. The van der Waals surface area contributed by atoms with Crippen molar-refractivity contribution in [2.24, 2.45) is 4.99 Å². The molecule has 0 spiro atoms. The number of aliphatic imine (C=N–C) groups is 1. The summed E-state index contributed by atoms with van der Waals surface area (Å²) in [6.07, 6.45) is -0.0310. The highest BCUT2D eigenvalue weighted by Crippen LogP contribution is 2.31. The van der Waals surface area contributed by atoms with Crippen LogP contribution in [0.2, 0.25) is 0 Å². The second-order valence-electron chi connectivity index (χ2n) is 6.16. The summed E-state index contributed by atoms with van der Waals surface area (Å²) in [5.41, 5.74) is 1.61. The largest absolute Gasteiger partial charge is 0.493 e. The van der Waals surface area contributed by atoms with Gasteiger partial charge in [0.15, 0.2) is 5.96 Å². The molecule has 1 aliphatic heterocycles. The number of hydrogen-bond acceptors (Lipinski definition) is 3. The first-order chi connectivity index (χ1) is 12.7. The smallest absolute Gasteiger partial charge is 0.191 e. The fourth-order valence-corrected chi connectivity index (χ4v) is 2.97. The van der Waals surface area contributed by atoms with Crippen LogP contribution in [0, 0.1) is 5.82 Å². The van der Waals surface area contributed by atoms with Crippen molar-refractivity contribution in [2.45, 2.75) is 25.5 Å². The molecule has 1 heterocycles. The number of benzene rings is 2. The average Bonchev–Trinajstić information content (AvgIpc) is 2.66. The van der Waals surface area contributed by atoms with Crippen LogP contribution in [0.3, 0.4) is 0 Å². The normalized spacial score (nSPS) is 17.8. The van der Waals surface area contributed by atoms with E-state index in [4.69, 9.17) is 4.74 Å². The van der Waals surface area contributed by atoms with Gasteiger partial charge in [0, 0.05) is 18.5 Å². The summed E-state index contributed by atoms with van der Waals surface area (Å²) in [7, 11) is 0. The molecule has 3 N–H and O–H groups in total. The Bertz CT molecular complexity index is 766. The number of nitrogens with one attached hydrogen (secondary N) is 2. The second-order valence-corrected chi connectivity index (χ2v) is 6.16. The Hall–Kier alpha value is -2.60. The molecule has 2 aromatic carbocycles. The predicted molar refractivity (Wildman–Crippen MR) is 99.8 cm³/mol. The van der Waals surface area contributed by atoms with Gasteiger partial charge < -0.3 is 20.5 Å². The first-order valence-electron chi connectivity index (χ1n) is 8.87. The maximum absolute atomic E-state index is 13.3. The Balaban J connectivity index is 1.70. The summed E-state index contributed by atoms with van der Waals surface area (Å²) in [6, 6.07) is 14.0. The Kier molecular flexibility index (Phi) is 6.07. The predicted octanol–water partition coefficient (Wildman–Crippen LogP) is 2.94. The molecule has 0 fully saturated rings. The highest BCUT2D eigenvalue weighted by Gasteiger charge is 2.22. The molecular weight excluding hydrogens is 333 g/mol. The Morgan fingerprint density at radius 2 is 2.15 bits per heavy atom. The van der Waals surface area contributed by atoms with Crippen LogP contribution in [-0.2, 0) is 0 Å². The molecule has 2 aromatic rings. The summed E-state index contributed by atoms with van der Waals surface area (Å²) < 4.78 is 19.0. The number of nitrogens with zero attached hydrogens (tertiary/aromatic N) is 1. The lowest BCUT2D eigenvalue weighted by Gasteiger charge is -2.28. The van der Waals surface area contributed by atoms with Crippen LogP contribution in [-0.4, -0.2) is 30.8 Å². The molecule has 2 atom stereocenters. The lowest BCUT2D eigenvalue weighted by atomic mass is 10.0. The van der Waals surface area contributed by atoms with E-state index in [1.165, 1.54) is 12.1 Å². The maximum atomic E-state index is 13.3. The molecule has 0 saturated heterocycles. The van der Waals surface area contributed by atoms with Crippen LogP contribution >= 0.6 is 0 Å². The van der Waals surface area contributed by atoms with Crippen LogP contribution < -0.4 is 15.4 Å². The van der Waals surface area contributed by atoms with Gasteiger partial charge in [-0.05, 0) is 30.7 Å². The van der Waals surface area contributed by atoms with Crippen molar-refractivity contribution >= 4 is 5.96 Å². The number of ether oxygens (including phenoxy) is 1. The molecule has 3 rings (SSSR count). The van der Waals surface area contributed by atoms with E-state index >= 15 is 0 Å². The van der Waals surface area contributed by atoms with Gasteiger partial charge in [0.05, 0.1) is 25.3 Å². The standard InChI is InChI=1S/C20H24FN3O2/c1-2-22-20(23-13-18(25)14-6-5-7-15(21)12-14)24-17-10-11-26-19-9-4-3-8-16(17)19/h3-9,12,17-18,25H,2,10-11,13H2,1H3,(H2,22,23,24). The van der Waals surface area contributed by atoms with Gasteiger partial charge in [-0.2, -0.15) is 0 Å². The summed E-state index contributed by atoms with van der Waals surface area (Å²) in [6.45, 7) is 3.47. The van der Waals surface area contributed by atoms with Gasteiger partial charge in [-0.1, -0.05) is 30.3 Å². The molecule has 6 heteroatoms. The minimum atomic E-state index is -0.858. The van der Waals surface area contributed by atoms with Gasteiger partial charge in [0.25, 0.3) is 0 Å². The van der Waals surface area contributed by atoms with E-state index in [9.17, 15) is 9.50 Å². The van der Waals surface area contributed by atoms with Gasteiger partial charge >= 0.3 is 0 Å². The van der Waals surface area contributed by atoms with Crippen molar-refractivity contribution < 1.29 is 14.2 Å². The van der Waals surface area contributed by atoms with E-state index in [0.717, 1.165) is 17.7 Å². The topological polar surface area (TPSA) is 65.9 Å². The van der Waals surface area contributed by atoms with Crippen LogP contribution in [0.4, 0.5) is 4.39 Å². The number of fused-ring (bicyclic) bond motifs is 1. The number of guanidine groups is 1. The molecule has 0 bridgehead atoms. The lowest BCUT2D eigenvalue weighted by molar-refractivity contribution is 0.186. The van der Waals surface area contributed by atoms with E-state index in [1.54, 1.807) is 12.1 Å². The molecule has 26 heavy (non-hydrogen) atoms. The van der Waals surface area contributed by atoms with Crippen LogP contribution in [0.25, 0.3) is 0 Å². The first kappa shape index (κ1) is 18.2. The Labute approximate surface area is 152 Å². The molecule has 138 valence electrons. The van der Waals surface area contributed by atoms with Crippen molar-refractivity contribution in [3.05, 3.63) is 65.5 Å². The third-order valence-electron chi connectivity index (χ3n) is 4.27. The van der Waals surface area contributed by atoms with Crippen LogP contribution in [0.5, 0.6) is 5.75 Å². The third kappa shape index (κ3) is 4.52. The number of para-hydroxylation sites is 1. The minimum absolute atomic E-state index is 0.0871. The summed E-state index contributed by atoms with van der Waals surface area (Å²) in [4.78, 5) is 4.47. The molecule has 1 aliphatic rings. The first-order valence-corrected chi connectivity index (χ1v) is 8.87. The van der Waals surface area contributed by atoms with Crippen molar-refractivity contribution in [2.75, 3.05) is 19.7 Å². The van der Waals surface area contributed by atoms with Gasteiger partial charge in [-0.3, -0.25) is 4.99 Å². The molecule has 0 aliphatic carbocycles. The fourth-order valence-electron chi connectivity index (χ4n) is 2.97. The summed E-state index contributed by atoms with van der Waals surface area (Å²) >= 11 is 0.